The highest BCUT2D eigenvalue weighted by molar-refractivity contribution is 7.89. The maximum atomic E-state index is 13.8. The summed E-state index contributed by atoms with van der Waals surface area (Å²) in [6.07, 6.45) is -3.98. The number of sulfonamides is 1. The molecule has 1 unspecified atom stereocenters. The highest BCUT2D eigenvalue weighted by Gasteiger charge is 2.35. The van der Waals surface area contributed by atoms with Crippen molar-refractivity contribution in [2.24, 2.45) is 0 Å². The van der Waals surface area contributed by atoms with Crippen LogP contribution in [-0.4, -0.2) is 44.0 Å². The first kappa shape index (κ1) is 20.3. The van der Waals surface area contributed by atoms with Gasteiger partial charge in [-0.1, -0.05) is 0 Å². The molecule has 0 aliphatic carbocycles. The molecule has 1 aliphatic heterocycles. The Balaban J connectivity index is 1.72. The quantitative estimate of drug-likeness (QED) is 0.696. The fourth-order valence-corrected chi connectivity index (χ4v) is 4.29. The highest BCUT2D eigenvalue weighted by atomic mass is 32.2. The SMILES string of the molecule is COc1ccc(S(=O)(=O)N2CCC(Oc3cc(C(F)(F)F)ccn3)C2)cc1F. The van der Waals surface area contributed by atoms with Gasteiger partial charge in [0.15, 0.2) is 11.6 Å². The topological polar surface area (TPSA) is 68.7 Å². The molecule has 0 bridgehead atoms. The predicted molar refractivity (Wildman–Crippen MR) is 90.0 cm³/mol. The van der Waals surface area contributed by atoms with Crippen LogP contribution in [0.25, 0.3) is 0 Å². The van der Waals surface area contributed by atoms with Crippen molar-refractivity contribution in [3.05, 3.63) is 47.9 Å². The largest absolute Gasteiger partial charge is 0.494 e. The van der Waals surface area contributed by atoms with E-state index in [9.17, 15) is 26.0 Å². The van der Waals surface area contributed by atoms with Crippen LogP contribution in [0.2, 0.25) is 0 Å². The number of halogens is 4. The van der Waals surface area contributed by atoms with Gasteiger partial charge in [-0.25, -0.2) is 17.8 Å². The molecule has 2 aromatic rings. The van der Waals surface area contributed by atoms with Gasteiger partial charge in [-0.3, -0.25) is 0 Å². The van der Waals surface area contributed by atoms with E-state index in [1.54, 1.807) is 0 Å². The molecule has 1 atom stereocenters. The van der Waals surface area contributed by atoms with Gasteiger partial charge in [0, 0.05) is 18.8 Å². The Morgan fingerprint density at radius 2 is 1.96 bits per heavy atom. The lowest BCUT2D eigenvalue weighted by atomic mass is 10.2. The van der Waals surface area contributed by atoms with E-state index >= 15 is 0 Å². The Bertz CT molecular complexity index is 966. The maximum absolute atomic E-state index is 13.8. The zero-order chi connectivity index (χ0) is 20.5. The molecule has 1 fully saturated rings. The van der Waals surface area contributed by atoms with Gasteiger partial charge in [-0.15, -0.1) is 0 Å². The van der Waals surface area contributed by atoms with Gasteiger partial charge in [-0.2, -0.15) is 17.5 Å². The summed E-state index contributed by atoms with van der Waals surface area (Å²) >= 11 is 0. The van der Waals surface area contributed by atoms with Crippen molar-refractivity contribution in [3.8, 4) is 11.6 Å². The van der Waals surface area contributed by atoms with Crippen LogP contribution < -0.4 is 9.47 Å². The van der Waals surface area contributed by atoms with Gasteiger partial charge in [-0.05, 0) is 30.7 Å². The molecule has 28 heavy (non-hydrogen) atoms. The van der Waals surface area contributed by atoms with Crippen LogP contribution in [-0.2, 0) is 16.2 Å². The number of methoxy groups -OCH3 is 1. The molecule has 6 nitrogen and oxygen atoms in total. The van der Waals surface area contributed by atoms with E-state index < -0.39 is 33.7 Å². The molecule has 11 heteroatoms. The fraction of sp³-hybridized carbons (Fsp3) is 0.353. The highest BCUT2D eigenvalue weighted by Crippen LogP contribution is 2.31. The van der Waals surface area contributed by atoms with Crippen molar-refractivity contribution in [3.63, 3.8) is 0 Å². The number of aromatic nitrogens is 1. The molecular weight excluding hydrogens is 404 g/mol. The molecule has 0 amide bonds. The second-order valence-electron chi connectivity index (χ2n) is 6.07. The number of benzene rings is 1. The predicted octanol–water partition coefficient (Wildman–Crippen LogP) is 3.09. The molecular formula is C17H16F4N2O4S. The van der Waals surface area contributed by atoms with E-state index in [0.29, 0.717) is 0 Å². The number of pyridine rings is 1. The number of alkyl halides is 3. The van der Waals surface area contributed by atoms with E-state index in [4.69, 9.17) is 9.47 Å². The third kappa shape index (κ3) is 4.20. The van der Waals surface area contributed by atoms with Crippen LogP contribution in [0, 0.1) is 5.82 Å². The molecule has 1 aliphatic rings. The normalized spacial score (nSPS) is 18.2. The van der Waals surface area contributed by atoms with Crippen molar-refractivity contribution in [1.82, 2.24) is 9.29 Å². The smallest absolute Gasteiger partial charge is 0.416 e. The first-order valence-corrected chi connectivity index (χ1v) is 9.59. The number of nitrogens with zero attached hydrogens (tertiary/aromatic N) is 2. The first-order chi connectivity index (χ1) is 13.1. The summed E-state index contributed by atoms with van der Waals surface area (Å²) in [6, 6.07) is 4.86. The van der Waals surface area contributed by atoms with E-state index in [-0.39, 0.29) is 36.0 Å². The molecule has 1 aromatic carbocycles. The van der Waals surface area contributed by atoms with Crippen molar-refractivity contribution in [2.75, 3.05) is 20.2 Å². The summed E-state index contributed by atoms with van der Waals surface area (Å²) < 4.78 is 88.7. The fourth-order valence-electron chi connectivity index (χ4n) is 2.79. The molecule has 152 valence electrons. The zero-order valence-corrected chi connectivity index (χ0v) is 15.4. The summed E-state index contributed by atoms with van der Waals surface area (Å²) in [5.41, 5.74) is -0.909. The second kappa shape index (κ2) is 7.55. The van der Waals surface area contributed by atoms with Crippen molar-refractivity contribution >= 4 is 10.0 Å². The number of ether oxygens (including phenoxy) is 2. The molecule has 1 aromatic heterocycles. The Morgan fingerprint density at radius 1 is 1.21 bits per heavy atom. The molecule has 2 heterocycles. The Labute approximate surface area is 158 Å². The molecule has 0 N–H and O–H groups in total. The summed E-state index contributed by atoms with van der Waals surface area (Å²) in [5, 5.41) is 0. The Kier molecular flexibility index (Phi) is 5.48. The maximum Gasteiger partial charge on any atom is 0.416 e. The second-order valence-corrected chi connectivity index (χ2v) is 8.01. The van der Waals surface area contributed by atoms with Crippen molar-refractivity contribution in [1.29, 1.82) is 0 Å². The van der Waals surface area contributed by atoms with E-state index in [2.05, 4.69) is 4.98 Å². The van der Waals surface area contributed by atoms with Gasteiger partial charge in [0.25, 0.3) is 0 Å². The minimum Gasteiger partial charge on any atom is -0.494 e. The lowest BCUT2D eigenvalue weighted by molar-refractivity contribution is -0.137. The van der Waals surface area contributed by atoms with Gasteiger partial charge < -0.3 is 9.47 Å². The zero-order valence-electron chi connectivity index (χ0n) is 14.6. The average molecular weight is 420 g/mol. The summed E-state index contributed by atoms with van der Waals surface area (Å²) in [5.74, 6) is -1.14. The van der Waals surface area contributed by atoms with E-state index in [1.165, 1.54) is 19.2 Å². The lowest BCUT2D eigenvalue weighted by Gasteiger charge is -2.17. The number of hydrogen-bond donors (Lipinski definition) is 0. The minimum atomic E-state index is -4.54. The van der Waals surface area contributed by atoms with Gasteiger partial charge >= 0.3 is 6.18 Å². The van der Waals surface area contributed by atoms with Gasteiger partial charge in [0.1, 0.15) is 6.10 Å². The van der Waals surface area contributed by atoms with Crippen molar-refractivity contribution in [2.45, 2.75) is 23.6 Å². The van der Waals surface area contributed by atoms with Crippen LogP contribution in [0.15, 0.2) is 41.4 Å². The lowest BCUT2D eigenvalue weighted by Crippen LogP contribution is -2.31. The summed E-state index contributed by atoms with van der Waals surface area (Å²) in [6.45, 7) is -0.00643. The van der Waals surface area contributed by atoms with Crippen LogP contribution in [0.4, 0.5) is 17.6 Å². The third-order valence-corrected chi connectivity index (χ3v) is 6.08. The third-order valence-electron chi connectivity index (χ3n) is 4.22. The minimum absolute atomic E-state index is 0.0829. The molecule has 0 spiro atoms. The first-order valence-electron chi connectivity index (χ1n) is 8.15. The van der Waals surface area contributed by atoms with Gasteiger partial charge in [0.05, 0.1) is 24.1 Å². The van der Waals surface area contributed by atoms with E-state index in [1.807, 2.05) is 0 Å². The van der Waals surface area contributed by atoms with Crippen LogP contribution >= 0.6 is 0 Å². The monoisotopic (exact) mass is 420 g/mol. The number of rotatable bonds is 5. The molecule has 0 saturated carbocycles. The Hall–Kier alpha value is -2.40. The molecule has 0 radical (unpaired) electrons. The summed E-state index contributed by atoms with van der Waals surface area (Å²) in [4.78, 5) is 3.49. The average Bonchev–Trinajstić information content (AvgIpc) is 3.10. The van der Waals surface area contributed by atoms with Gasteiger partial charge in [0.2, 0.25) is 15.9 Å². The molecule has 3 rings (SSSR count). The molecule has 1 saturated heterocycles. The van der Waals surface area contributed by atoms with Crippen LogP contribution in [0.5, 0.6) is 11.6 Å². The number of hydrogen-bond acceptors (Lipinski definition) is 5. The van der Waals surface area contributed by atoms with Crippen LogP contribution in [0.1, 0.15) is 12.0 Å². The Morgan fingerprint density at radius 3 is 2.61 bits per heavy atom. The van der Waals surface area contributed by atoms with Crippen molar-refractivity contribution < 1.29 is 35.5 Å². The van der Waals surface area contributed by atoms with Crippen LogP contribution in [0.3, 0.4) is 0 Å². The summed E-state index contributed by atoms with van der Waals surface area (Å²) in [7, 11) is -2.72. The standard InChI is InChI=1S/C17H16F4N2O4S/c1-26-15-3-2-13(9-14(15)18)28(24,25)23-7-5-12(10-23)27-16-8-11(4-6-22-16)17(19,20)21/h2-4,6,8-9,12H,5,7,10H2,1H3. The van der Waals surface area contributed by atoms with E-state index in [0.717, 1.165) is 28.7 Å².